The van der Waals surface area contributed by atoms with E-state index in [4.69, 9.17) is 0 Å². The quantitative estimate of drug-likeness (QED) is 0.678. The number of rotatable bonds is 4. The van der Waals surface area contributed by atoms with Crippen molar-refractivity contribution >= 4 is 21.4 Å². The lowest BCUT2D eigenvalue weighted by atomic mass is 10.2. The lowest BCUT2D eigenvalue weighted by molar-refractivity contribution is -0.384. The molecular formula is C13H9F3N2O4S. The van der Waals surface area contributed by atoms with Gasteiger partial charge in [-0.2, -0.15) is 13.2 Å². The third-order valence-corrected chi connectivity index (χ3v) is 4.22. The first-order valence-corrected chi connectivity index (χ1v) is 7.53. The SMILES string of the molecule is O=[N+]([O-])c1ccc(S(=O)(=O)Nc2ccccc2C(F)(F)F)cc1. The van der Waals surface area contributed by atoms with Crippen LogP contribution in [0.4, 0.5) is 24.5 Å². The zero-order valence-electron chi connectivity index (χ0n) is 11.2. The summed E-state index contributed by atoms with van der Waals surface area (Å²) in [5.74, 6) is 0. The van der Waals surface area contributed by atoms with Crippen LogP contribution in [0.5, 0.6) is 0 Å². The molecule has 0 aliphatic carbocycles. The van der Waals surface area contributed by atoms with Gasteiger partial charge >= 0.3 is 6.18 Å². The van der Waals surface area contributed by atoms with Gasteiger partial charge in [0.05, 0.1) is 21.1 Å². The van der Waals surface area contributed by atoms with E-state index < -0.39 is 32.4 Å². The number of para-hydroxylation sites is 1. The van der Waals surface area contributed by atoms with Crippen LogP contribution in [0.15, 0.2) is 53.4 Å². The number of halogens is 3. The predicted molar refractivity (Wildman–Crippen MR) is 75.3 cm³/mol. The Hall–Kier alpha value is -2.62. The summed E-state index contributed by atoms with van der Waals surface area (Å²) in [6.07, 6.45) is -4.73. The van der Waals surface area contributed by atoms with Crippen molar-refractivity contribution in [3.8, 4) is 0 Å². The molecule has 2 aromatic rings. The largest absolute Gasteiger partial charge is 0.418 e. The second-order valence-electron chi connectivity index (χ2n) is 4.40. The average molecular weight is 346 g/mol. The summed E-state index contributed by atoms with van der Waals surface area (Å²) in [5, 5.41) is 10.5. The standard InChI is InChI=1S/C13H9F3N2O4S/c14-13(15,16)11-3-1-2-4-12(11)17-23(21,22)10-7-5-9(6-8-10)18(19)20/h1-8,17H. The number of non-ortho nitro benzene ring substituents is 1. The molecule has 0 bridgehead atoms. The Morgan fingerprint density at radius 1 is 1.00 bits per heavy atom. The van der Waals surface area contributed by atoms with Gasteiger partial charge in [-0.25, -0.2) is 8.42 Å². The second kappa shape index (κ2) is 5.88. The highest BCUT2D eigenvalue weighted by molar-refractivity contribution is 7.92. The van der Waals surface area contributed by atoms with Gasteiger partial charge in [-0.15, -0.1) is 0 Å². The number of nitro benzene ring substituents is 1. The molecule has 2 aromatic carbocycles. The van der Waals surface area contributed by atoms with Crippen molar-refractivity contribution in [3.05, 3.63) is 64.2 Å². The fourth-order valence-electron chi connectivity index (χ4n) is 1.77. The van der Waals surface area contributed by atoms with Crippen molar-refractivity contribution in [2.45, 2.75) is 11.1 Å². The Morgan fingerprint density at radius 2 is 1.57 bits per heavy atom. The zero-order valence-corrected chi connectivity index (χ0v) is 12.1. The van der Waals surface area contributed by atoms with E-state index in [1.165, 1.54) is 6.07 Å². The summed E-state index contributed by atoms with van der Waals surface area (Å²) < 4.78 is 64.6. The zero-order chi connectivity index (χ0) is 17.3. The third kappa shape index (κ3) is 3.77. The number of alkyl halides is 3. The fourth-order valence-corrected chi connectivity index (χ4v) is 2.85. The summed E-state index contributed by atoms with van der Waals surface area (Å²) in [4.78, 5) is 9.42. The number of anilines is 1. The van der Waals surface area contributed by atoms with Crippen LogP contribution in [-0.2, 0) is 16.2 Å². The maximum absolute atomic E-state index is 12.9. The van der Waals surface area contributed by atoms with Crippen LogP contribution in [0.3, 0.4) is 0 Å². The molecular weight excluding hydrogens is 337 g/mol. The Labute approximate surface area is 128 Å². The predicted octanol–water partition coefficient (Wildman–Crippen LogP) is 3.41. The minimum atomic E-state index is -4.73. The molecule has 0 saturated carbocycles. The molecule has 0 spiro atoms. The molecule has 0 aliphatic rings. The number of nitro groups is 1. The van der Waals surface area contributed by atoms with Gasteiger partial charge in [-0.05, 0) is 24.3 Å². The van der Waals surface area contributed by atoms with E-state index >= 15 is 0 Å². The van der Waals surface area contributed by atoms with E-state index in [2.05, 4.69) is 0 Å². The van der Waals surface area contributed by atoms with Gasteiger partial charge in [0.2, 0.25) is 0 Å². The first kappa shape index (κ1) is 16.7. The van der Waals surface area contributed by atoms with E-state index in [1.807, 2.05) is 4.72 Å². The van der Waals surface area contributed by atoms with Crippen molar-refractivity contribution in [3.63, 3.8) is 0 Å². The Bertz CT molecular complexity index is 833. The van der Waals surface area contributed by atoms with Crippen molar-refractivity contribution < 1.29 is 26.5 Å². The number of sulfonamides is 1. The molecule has 23 heavy (non-hydrogen) atoms. The second-order valence-corrected chi connectivity index (χ2v) is 6.08. The van der Waals surface area contributed by atoms with Gasteiger partial charge in [0.1, 0.15) is 0 Å². The molecule has 6 nitrogen and oxygen atoms in total. The van der Waals surface area contributed by atoms with E-state index in [0.29, 0.717) is 0 Å². The minimum Gasteiger partial charge on any atom is -0.279 e. The van der Waals surface area contributed by atoms with Crippen LogP contribution in [-0.4, -0.2) is 13.3 Å². The van der Waals surface area contributed by atoms with E-state index in [-0.39, 0.29) is 10.6 Å². The molecule has 122 valence electrons. The molecule has 0 radical (unpaired) electrons. The van der Waals surface area contributed by atoms with Crippen molar-refractivity contribution in [1.29, 1.82) is 0 Å². The van der Waals surface area contributed by atoms with Crippen molar-refractivity contribution in [2.24, 2.45) is 0 Å². The van der Waals surface area contributed by atoms with Gasteiger partial charge in [-0.3, -0.25) is 14.8 Å². The number of benzene rings is 2. The Kier molecular flexibility index (Phi) is 4.28. The van der Waals surface area contributed by atoms with Crippen LogP contribution in [0, 0.1) is 10.1 Å². The Balaban J connectivity index is 2.38. The molecule has 0 atom stereocenters. The summed E-state index contributed by atoms with van der Waals surface area (Å²) in [6, 6.07) is 7.89. The number of nitrogens with one attached hydrogen (secondary N) is 1. The summed E-state index contributed by atoms with van der Waals surface area (Å²) in [7, 11) is -4.31. The Morgan fingerprint density at radius 3 is 2.09 bits per heavy atom. The highest BCUT2D eigenvalue weighted by Crippen LogP contribution is 2.35. The molecule has 10 heteroatoms. The number of hydrogen-bond acceptors (Lipinski definition) is 4. The van der Waals surface area contributed by atoms with Gasteiger partial charge in [-0.1, -0.05) is 12.1 Å². The van der Waals surface area contributed by atoms with Crippen LogP contribution in [0.25, 0.3) is 0 Å². The maximum atomic E-state index is 12.9. The van der Waals surface area contributed by atoms with Crippen LogP contribution in [0.2, 0.25) is 0 Å². The van der Waals surface area contributed by atoms with Gasteiger partial charge in [0, 0.05) is 12.1 Å². The van der Waals surface area contributed by atoms with Crippen LogP contribution < -0.4 is 4.72 Å². The molecule has 0 amide bonds. The molecule has 0 aromatic heterocycles. The monoisotopic (exact) mass is 346 g/mol. The summed E-state index contributed by atoms with van der Waals surface area (Å²) >= 11 is 0. The van der Waals surface area contributed by atoms with Gasteiger partial charge in [0.15, 0.2) is 0 Å². The van der Waals surface area contributed by atoms with Gasteiger partial charge < -0.3 is 0 Å². The van der Waals surface area contributed by atoms with Gasteiger partial charge in [0.25, 0.3) is 15.7 Å². The molecule has 0 heterocycles. The lowest BCUT2D eigenvalue weighted by Crippen LogP contribution is -2.17. The first-order chi connectivity index (χ1) is 10.6. The lowest BCUT2D eigenvalue weighted by Gasteiger charge is -2.14. The van der Waals surface area contributed by atoms with Crippen LogP contribution in [0.1, 0.15) is 5.56 Å². The molecule has 2 rings (SSSR count). The van der Waals surface area contributed by atoms with E-state index in [0.717, 1.165) is 42.5 Å². The molecule has 0 aliphatic heterocycles. The number of hydrogen-bond donors (Lipinski definition) is 1. The van der Waals surface area contributed by atoms with Crippen molar-refractivity contribution in [2.75, 3.05) is 4.72 Å². The molecule has 1 N–H and O–H groups in total. The van der Waals surface area contributed by atoms with E-state index in [9.17, 15) is 31.7 Å². The highest BCUT2D eigenvalue weighted by Gasteiger charge is 2.34. The molecule has 0 fully saturated rings. The number of nitrogens with zero attached hydrogens (tertiary/aromatic N) is 1. The normalized spacial score (nSPS) is 12.0. The average Bonchev–Trinajstić information content (AvgIpc) is 2.46. The van der Waals surface area contributed by atoms with Crippen LogP contribution >= 0.6 is 0 Å². The highest BCUT2D eigenvalue weighted by atomic mass is 32.2. The maximum Gasteiger partial charge on any atom is 0.418 e. The van der Waals surface area contributed by atoms with Crippen molar-refractivity contribution in [1.82, 2.24) is 0 Å². The molecule has 0 saturated heterocycles. The fraction of sp³-hybridized carbons (Fsp3) is 0.0769. The topological polar surface area (TPSA) is 89.3 Å². The molecule has 0 unspecified atom stereocenters. The smallest absolute Gasteiger partial charge is 0.279 e. The summed E-state index contributed by atoms with van der Waals surface area (Å²) in [5.41, 5.74) is -2.09. The minimum absolute atomic E-state index is 0.334. The summed E-state index contributed by atoms with van der Waals surface area (Å²) in [6.45, 7) is 0. The van der Waals surface area contributed by atoms with E-state index in [1.54, 1.807) is 0 Å². The first-order valence-electron chi connectivity index (χ1n) is 6.05. The third-order valence-electron chi connectivity index (χ3n) is 2.83.